The Morgan fingerprint density at radius 2 is 2.30 bits per heavy atom. The maximum Gasteiger partial charge on any atom is 0.327 e. The normalized spacial score (nSPS) is 11.4. The standard InChI is InChI=1S/C13H14N2O4S/c1-3-19-13(16)12(7-14)11-5-4-10(15(17)18)6-9(11)8-20-2/h4-6,12H,3,8H2,1-2H3. The molecule has 0 aromatic heterocycles. The van der Waals surface area contributed by atoms with Crippen molar-refractivity contribution in [2.24, 2.45) is 0 Å². The average Bonchev–Trinajstić information content (AvgIpc) is 2.41. The first-order valence-electron chi connectivity index (χ1n) is 5.87. The summed E-state index contributed by atoms with van der Waals surface area (Å²) in [6.07, 6.45) is 1.84. The van der Waals surface area contributed by atoms with Gasteiger partial charge in [0.15, 0.2) is 5.92 Å². The Labute approximate surface area is 120 Å². The Morgan fingerprint density at radius 3 is 2.80 bits per heavy atom. The van der Waals surface area contributed by atoms with Gasteiger partial charge in [0.2, 0.25) is 0 Å². The van der Waals surface area contributed by atoms with Crippen molar-refractivity contribution in [3.63, 3.8) is 0 Å². The monoisotopic (exact) mass is 294 g/mol. The Balaban J connectivity index is 3.24. The summed E-state index contributed by atoms with van der Waals surface area (Å²) < 4.78 is 4.86. The second-order valence-corrected chi connectivity index (χ2v) is 4.75. The van der Waals surface area contributed by atoms with E-state index in [1.165, 1.54) is 30.0 Å². The molecule has 0 heterocycles. The average molecular weight is 294 g/mol. The number of non-ortho nitro benzene ring substituents is 1. The minimum atomic E-state index is -1.06. The lowest BCUT2D eigenvalue weighted by atomic mass is 9.95. The van der Waals surface area contributed by atoms with Gasteiger partial charge in [0.05, 0.1) is 17.6 Å². The Morgan fingerprint density at radius 1 is 1.60 bits per heavy atom. The number of rotatable bonds is 6. The molecule has 0 bridgehead atoms. The molecule has 1 aromatic carbocycles. The summed E-state index contributed by atoms with van der Waals surface area (Å²) >= 11 is 1.46. The fourth-order valence-corrected chi connectivity index (χ4v) is 2.30. The van der Waals surface area contributed by atoms with Gasteiger partial charge in [-0.1, -0.05) is 0 Å². The fraction of sp³-hybridized carbons (Fsp3) is 0.385. The molecule has 0 aliphatic rings. The van der Waals surface area contributed by atoms with Gasteiger partial charge in [0.25, 0.3) is 5.69 Å². The molecule has 106 valence electrons. The quantitative estimate of drug-likeness (QED) is 0.455. The Kier molecular flexibility index (Phi) is 6.00. The number of carbonyl (C=O) groups is 1. The van der Waals surface area contributed by atoms with Crippen LogP contribution in [0.3, 0.4) is 0 Å². The van der Waals surface area contributed by atoms with E-state index >= 15 is 0 Å². The zero-order valence-corrected chi connectivity index (χ0v) is 12.0. The van der Waals surface area contributed by atoms with Crippen molar-refractivity contribution in [1.82, 2.24) is 0 Å². The minimum absolute atomic E-state index is 0.0571. The van der Waals surface area contributed by atoms with Crippen LogP contribution >= 0.6 is 11.8 Å². The van der Waals surface area contributed by atoms with Crippen LogP contribution in [0, 0.1) is 21.4 Å². The van der Waals surface area contributed by atoms with Crippen molar-refractivity contribution >= 4 is 23.4 Å². The molecule has 0 saturated heterocycles. The maximum absolute atomic E-state index is 11.8. The fourth-order valence-electron chi connectivity index (χ4n) is 1.74. The summed E-state index contributed by atoms with van der Waals surface area (Å²) in [5.41, 5.74) is 1.01. The van der Waals surface area contributed by atoms with Gasteiger partial charge < -0.3 is 4.74 Å². The highest BCUT2D eigenvalue weighted by atomic mass is 32.2. The van der Waals surface area contributed by atoms with Crippen LogP contribution in [0.4, 0.5) is 5.69 Å². The van der Waals surface area contributed by atoms with E-state index in [0.29, 0.717) is 16.9 Å². The van der Waals surface area contributed by atoms with Crippen LogP contribution in [0.1, 0.15) is 24.0 Å². The molecule has 0 fully saturated rings. The lowest BCUT2D eigenvalue weighted by Crippen LogP contribution is -2.16. The van der Waals surface area contributed by atoms with Crippen LogP contribution in [0.25, 0.3) is 0 Å². The molecule has 0 saturated carbocycles. The summed E-state index contributed by atoms with van der Waals surface area (Å²) in [5, 5.41) is 19.9. The van der Waals surface area contributed by atoms with Gasteiger partial charge in [-0.15, -0.1) is 0 Å². The largest absolute Gasteiger partial charge is 0.465 e. The number of ether oxygens (including phenoxy) is 1. The lowest BCUT2D eigenvalue weighted by Gasteiger charge is -2.13. The van der Waals surface area contributed by atoms with E-state index in [2.05, 4.69) is 0 Å². The molecule has 7 heteroatoms. The molecule has 6 nitrogen and oxygen atoms in total. The molecule has 0 radical (unpaired) electrons. The predicted octanol–water partition coefficient (Wildman–Crippen LogP) is 2.63. The first-order valence-corrected chi connectivity index (χ1v) is 7.26. The Hall–Kier alpha value is -2.07. The second-order valence-electron chi connectivity index (χ2n) is 3.89. The molecule has 0 spiro atoms. The van der Waals surface area contributed by atoms with Crippen LogP contribution < -0.4 is 0 Å². The molecular formula is C13H14N2O4S. The first-order chi connectivity index (χ1) is 9.54. The van der Waals surface area contributed by atoms with E-state index in [4.69, 9.17) is 10.00 Å². The van der Waals surface area contributed by atoms with E-state index in [-0.39, 0.29) is 12.3 Å². The smallest absolute Gasteiger partial charge is 0.327 e. The topological polar surface area (TPSA) is 93.2 Å². The van der Waals surface area contributed by atoms with Crippen LogP contribution in [0.2, 0.25) is 0 Å². The SMILES string of the molecule is CCOC(=O)C(C#N)c1ccc([N+](=O)[O-])cc1CSC. The third-order valence-corrected chi connectivity index (χ3v) is 3.20. The predicted molar refractivity (Wildman–Crippen MR) is 75.3 cm³/mol. The molecular weight excluding hydrogens is 280 g/mol. The second kappa shape index (κ2) is 7.50. The summed E-state index contributed by atoms with van der Waals surface area (Å²) in [6, 6.07) is 6.04. The molecule has 0 N–H and O–H groups in total. The zero-order valence-electron chi connectivity index (χ0n) is 11.2. The minimum Gasteiger partial charge on any atom is -0.465 e. The summed E-state index contributed by atoms with van der Waals surface area (Å²) in [4.78, 5) is 22.1. The van der Waals surface area contributed by atoms with E-state index in [0.717, 1.165) is 0 Å². The number of nitriles is 1. The molecule has 0 aliphatic carbocycles. The van der Waals surface area contributed by atoms with Crippen LogP contribution in [0.15, 0.2) is 18.2 Å². The lowest BCUT2D eigenvalue weighted by molar-refractivity contribution is -0.384. The molecule has 1 unspecified atom stereocenters. The number of nitro groups is 1. The molecule has 1 atom stereocenters. The summed E-state index contributed by atoms with van der Waals surface area (Å²) in [7, 11) is 0. The van der Waals surface area contributed by atoms with Gasteiger partial charge in [0, 0.05) is 17.9 Å². The number of esters is 1. The number of benzene rings is 1. The van der Waals surface area contributed by atoms with E-state index < -0.39 is 16.8 Å². The Bertz CT molecular complexity index is 554. The summed E-state index contributed by atoms with van der Waals surface area (Å²) in [5.74, 6) is -1.21. The first kappa shape index (κ1) is 16.0. The number of hydrogen-bond donors (Lipinski definition) is 0. The van der Waals surface area contributed by atoms with Crippen molar-refractivity contribution in [2.75, 3.05) is 12.9 Å². The van der Waals surface area contributed by atoms with Crippen LogP contribution in [0.5, 0.6) is 0 Å². The van der Waals surface area contributed by atoms with Gasteiger partial charge in [-0.2, -0.15) is 17.0 Å². The van der Waals surface area contributed by atoms with Crippen LogP contribution in [-0.2, 0) is 15.3 Å². The van der Waals surface area contributed by atoms with Crippen molar-refractivity contribution in [1.29, 1.82) is 5.26 Å². The molecule has 0 aliphatic heterocycles. The number of nitro benzene ring substituents is 1. The molecule has 0 amide bonds. The molecule has 20 heavy (non-hydrogen) atoms. The van der Waals surface area contributed by atoms with Gasteiger partial charge in [-0.25, -0.2) is 0 Å². The molecule has 1 rings (SSSR count). The van der Waals surface area contributed by atoms with E-state index in [1.54, 1.807) is 6.92 Å². The number of carbonyl (C=O) groups excluding carboxylic acids is 1. The van der Waals surface area contributed by atoms with Crippen molar-refractivity contribution in [3.8, 4) is 6.07 Å². The van der Waals surface area contributed by atoms with Crippen molar-refractivity contribution in [2.45, 2.75) is 18.6 Å². The van der Waals surface area contributed by atoms with Crippen molar-refractivity contribution < 1.29 is 14.5 Å². The number of hydrogen-bond acceptors (Lipinski definition) is 6. The molecule has 1 aromatic rings. The van der Waals surface area contributed by atoms with Gasteiger partial charge in [-0.3, -0.25) is 14.9 Å². The third-order valence-electron chi connectivity index (χ3n) is 2.60. The van der Waals surface area contributed by atoms with E-state index in [1.807, 2.05) is 12.3 Å². The maximum atomic E-state index is 11.8. The summed E-state index contributed by atoms with van der Waals surface area (Å²) in [6.45, 7) is 1.84. The van der Waals surface area contributed by atoms with Crippen molar-refractivity contribution in [3.05, 3.63) is 39.4 Å². The zero-order chi connectivity index (χ0) is 15.1. The third kappa shape index (κ3) is 3.71. The van der Waals surface area contributed by atoms with Gasteiger partial charge >= 0.3 is 5.97 Å². The van der Waals surface area contributed by atoms with Gasteiger partial charge in [-0.05, 0) is 30.4 Å². The number of nitrogens with zero attached hydrogens (tertiary/aromatic N) is 2. The van der Waals surface area contributed by atoms with Crippen LogP contribution in [-0.4, -0.2) is 23.8 Å². The van der Waals surface area contributed by atoms with E-state index in [9.17, 15) is 14.9 Å². The highest BCUT2D eigenvalue weighted by Crippen LogP contribution is 2.27. The number of thioether (sulfide) groups is 1. The highest BCUT2D eigenvalue weighted by molar-refractivity contribution is 7.97. The highest BCUT2D eigenvalue weighted by Gasteiger charge is 2.25. The van der Waals surface area contributed by atoms with Gasteiger partial charge in [0.1, 0.15) is 0 Å².